The molecular weight excluding hydrogens is 307 g/mol. The van der Waals surface area contributed by atoms with E-state index in [1.165, 1.54) is 13.2 Å². The maximum absolute atomic E-state index is 13.2. The van der Waals surface area contributed by atoms with Crippen LogP contribution in [0.4, 0.5) is 15.8 Å². The van der Waals surface area contributed by atoms with Gasteiger partial charge >= 0.3 is 0 Å². The summed E-state index contributed by atoms with van der Waals surface area (Å²) >= 11 is 0. The second-order valence-corrected chi connectivity index (χ2v) is 6.00. The molecular formula is C19H21FN2O2. The molecule has 1 N–H and O–H groups in total. The van der Waals surface area contributed by atoms with Crippen LogP contribution in [0.25, 0.3) is 0 Å². The van der Waals surface area contributed by atoms with E-state index in [-0.39, 0.29) is 18.3 Å². The number of ether oxygens (including phenoxy) is 1. The summed E-state index contributed by atoms with van der Waals surface area (Å²) in [4.78, 5) is 13.8. The van der Waals surface area contributed by atoms with E-state index >= 15 is 0 Å². The lowest BCUT2D eigenvalue weighted by Crippen LogP contribution is -2.31. The van der Waals surface area contributed by atoms with Crippen molar-refractivity contribution in [1.82, 2.24) is 0 Å². The highest BCUT2D eigenvalue weighted by atomic mass is 19.1. The number of nitrogens with zero attached hydrogens (tertiary/aromatic N) is 1. The molecule has 5 heteroatoms. The van der Waals surface area contributed by atoms with Gasteiger partial charge in [0.2, 0.25) is 0 Å². The average Bonchev–Trinajstić information content (AvgIpc) is 2.97. The Hall–Kier alpha value is -2.40. The van der Waals surface area contributed by atoms with E-state index in [0.29, 0.717) is 13.1 Å². The minimum atomic E-state index is -0.213. The monoisotopic (exact) mass is 328 g/mol. The van der Waals surface area contributed by atoms with Crippen LogP contribution in [0.5, 0.6) is 0 Å². The Bertz CT molecular complexity index is 761. The average molecular weight is 328 g/mol. The number of amides is 1. The summed E-state index contributed by atoms with van der Waals surface area (Å²) in [6.45, 7) is 3.33. The predicted molar refractivity (Wildman–Crippen MR) is 92.8 cm³/mol. The summed E-state index contributed by atoms with van der Waals surface area (Å²) in [5.74, 6) is -0.228. The van der Waals surface area contributed by atoms with E-state index < -0.39 is 0 Å². The summed E-state index contributed by atoms with van der Waals surface area (Å²) in [7, 11) is 1.53. The Morgan fingerprint density at radius 1 is 1.29 bits per heavy atom. The molecule has 4 nitrogen and oxygen atoms in total. The van der Waals surface area contributed by atoms with Crippen molar-refractivity contribution in [2.45, 2.75) is 19.9 Å². The molecule has 1 amide bonds. The number of benzene rings is 2. The molecule has 1 aliphatic rings. The zero-order valence-electron chi connectivity index (χ0n) is 13.9. The number of rotatable bonds is 5. The molecule has 2 aromatic rings. The van der Waals surface area contributed by atoms with Crippen molar-refractivity contribution in [3.8, 4) is 0 Å². The number of fused-ring (bicyclic) bond motifs is 1. The van der Waals surface area contributed by atoms with Gasteiger partial charge in [-0.25, -0.2) is 4.39 Å². The number of anilines is 2. The number of carbonyl (C=O) groups excluding carboxylic acids is 1. The molecule has 24 heavy (non-hydrogen) atoms. The SMILES string of the molecule is COCC(=O)N1CCc2cc(NCc3ccc(F)cc3C)ccc21. The zero-order valence-corrected chi connectivity index (χ0v) is 13.9. The third kappa shape index (κ3) is 3.41. The molecule has 0 aromatic heterocycles. The van der Waals surface area contributed by atoms with Crippen molar-refractivity contribution in [3.05, 3.63) is 58.9 Å². The third-order valence-corrected chi connectivity index (χ3v) is 4.33. The Morgan fingerprint density at radius 2 is 2.12 bits per heavy atom. The fourth-order valence-corrected chi connectivity index (χ4v) is 3.03. The molecule has 1 aliphatic heterocycles. The van der Waals surface area contributed by atoms with Crippen LogP contribution in [0.2, 0.25) is 0 Å². The number of hydrogen-bond donors (Lipinski definition) is 1. The van der Waals surface area contributed by atoms with Crippen LogP contribution in [0.15, 0.2) is 36.4 Å². The zero-order chi connectivity index (χ0) is 17.1. The van der Waals surface area contributed by atoms with E-state index in [1.54, 1.807) is 17.0 Å². The van der Waals surface area contributed by atoms with Gasteiger partial charge in [-0.05, 0) is 60.4 Å². The first kappa shape index (κ1) is 16.5. The van der Waals surface area contributed by atoms with E-state index in [4.69, 9.17) is 4.74 Å². The second kappa shape index (κ2) is 7.01. The Labute approximate surface area is 141 Å². The Kier molecular flexibility index (Phi) is 4.81. The van der Waals surface area contributed by atoms with Gasteiger partial charge in [-0.2, -0.15) is 0 Å². The van der Waals surface area contributed by atoms with Crippen LogP contribution in [0.3, 0.4) is 0 Å². The van der Waals surface area contributed by atoms with Crippen LogP contribution in [0, 0.1) is 12.7 Å². The number of carbonyl (C=O) groups is 1. The molecule has 3 rings (SSSR count). The van der Waals surface area contributed by atoms with Gasteiger partial charge in [-0.15, -0.1) is 0 Å². The van der Waals surface area contributed by atoms with Crippen molar-refractivity contribution < 1.29 is 13.9 Å². The summed E-state index contributed by atoms with van der Waals surface area (Å²) in [6.07, 6.45) is 0.843. The van der Waals surface area contributed by atoms with Gasteiger partial charge in [-0.3, -0.25) is 4.79 Å². The maximum Gasteiger partial charge on any atom is 0.252 e. The van der Waals surface area contributed by atoms with Crippen LogP contribution < -0.4 is 10.2 Å². The molecule has 0 bridgehead atoms. The maximum atomic E-state index is 13.2. The first-order chi connectivity index (χ1) is 11.6. The molecule has 0 aliphatic carbocycles. The lowest BCUT2D eigenvalue weighted by molar-refractivity contribution is -0.122. The van der Waals surface area contributed by atoms with Gasteiger partial charge in [0, 0.05) is 31.6 Å². The Balaban J connectivity index is 1.70. The van der Waals surface area contributed by atoms with Crippen LogP contribution in [-0.2, 0) is 22.5 Å². The van der Waals surface area contributed by atoms with Gasteiger partial charge in [-0.1, -0.05) is 6.07 Å². The largest absolute Gasteiger partial charge is 0.381 e. The lowest BCUT2D eigenvalue weighted by Gasteiger charge is -2.17. The number of hydrogen-bond acceptors (Lipinski definition) is 3. The van der Waals surface area contributed by atoms with Crippen LogP contribution >= 0.6 is 0 Å². The third-order valence-electron chi connectivity index (χ3n) is 4.33. The van der Waals surface area contributed by atoms with Crippen LogP contribution in [-0.4, -0.2) is 26.2 Å². The molecule has 0 unspecified atom stereocenters. The molecule has 2 aromatic carbocycles. The minimum Gasteiger partial charge on any atom is -0.381 e. The number of nitrogens with one attached hydrogen (secondary N) is 1. The van der Waals surface area contributed by atoms with Crippen LogP contribution in [0.1, 0.15) is 16.7 Å². The molecule has 0 radical (unpaired) electrons. The molecule has 0 spiro atoms. The highest BCUT2D eigenvalue weighted by Crippen LogP contribution is 2.30. The molecule has 0 atom stereocenters. The van der Waals surface area contributed by atoms with Crippen molar-refractivity contribution in [3.63, 3.8) is 0 Å². The van der Waals surface area contributed by atoms with Crippen molar-refractivity contribution in [2.75, 3.05) is 30.5 Å². The van der Waals surface area contributed by atoms with Gasteiger partial charge < -0.3 is 15.0 Å². The first-order valence-corrected chi connectivity index (χ1v) is 7.99. The fraction of sp³-hybridized carbons (Fsp3) is 0.316. The normalized spacial score (nSPS) is 13.0. The van der Waals surface area contributed by atoms with Gasteiger partial charge in [0.1, 0.15) is 12.4 Å². The predicted octanol–water partition coefficient (Wildman–Crippen LogP) is 3.28. The summed E-state index contributed by atoms with van der Waals surface area (Å²) in [6, 6.07) is 10.8. The first-order valence-electron chi connectivity index (χ1n) is 7.99. The Morgan fingerprint density at radius 3 is 2.88 bits per heavy atom. The van der Waals surface area contributed by atoms with E-state index in [9.17, 15) is 9.18 Å². The topological polar surface area (TPSA) is 41.6 Å². The fourth-order valence-electron chi connectivity index (χ4n) is 3.03. The van der Waals surface area contributed by atoms with E-state index in [2.05, 4.69) is 11.4 Å². The molecule has 0 saturated carbocycles. The summed E-state index contributed by atoms with van der Waals surface area (Å²) in [5, 5.41) is 3.37. The van der Waals surface area contributed by atoms with E-state index in [0.717, 1.165) is 34.5 Å². The van der Waals surface area contributed by atoms with Crippen molar-refractivity contribution >= 4 is 17.3 Å². The van der Waals surface area contributed by atoms with Gasteiger partial charge in [0.05, 0.1) is 0 Å². The molecule has 1 heterocycles. The minimum absolute atomic E-state index is 0.0149. The van der Waals surface area contributed by atoms with Crippen molar-refractivity contribution in [1.29, 1.82) is 0 Å². The number of methoxy groups -OCH3 is 1. The quantitative estimate of drug-likeness (QED) is 0.916. The lowest BCUT2D eigenvalue weighted by atomic mass is 10.1. The summed E-state index contributed by atoms with van der Waals surface area (Å²) < 4.78 is 18.1. The smallest absolute Gasteiger partial charge is 0.252 e. The molecule has 126 valence electrons. The van der Waals surface area contributed by atoms with Gasteiger partial charge in [0.15, 0.2) is 0 Å². The number of aryl methyl sites for hydroxylation is 1. The van der Waals surface area contributed by atoms with Crippen molar-refractivity contribution in [2.24, 2.45) is 0 Å². The summed E-state index contributed by atoms with van der Waals surface area (Å²) in [5.41, 5.74) is 5.10. The molecule has 0 fully saturated rings. The highest BCUT2D eigenvalue weighted by Gasteiger charge is 2.24. The van der Waals surface area contributed by atoms with Gasteiger partial charge in [0.25, 0.3) is 5.91 Å². The number of halogens is 1. The second-order valence-electron chi connectivity index (χ2n) is 6.00. The molecule has 0 saturated heterocycles. The van der Waals surface area contributed by atoms with E-state index in [1.807, 2.05) is 19.1 Å². The standard InChI is InChI=1S/C19H21FN2O2/c1-13-9-16(20)4-3-15(13)11-21-17-5-6-18-14(10-17)7-8-22(18)19(23)12-24-2/h3-6,9-10,21H,7-8,11-12H2,1-2H3. The highest BCUT2D eigenvalue weighted by molar-refractivity contribution is 5.96.